The molecule has 3 heteroatoms. The smallest absolute Gasteiger partial charge is 0.0406 e. The van der Waals surface area contributed by atoms with Gasteiger partial charge in [0.2, 0.25) is 0 Å². The van der Waals surface area contributed by atoms with Gasteiger partial charge >= 0.3 is 0 Å². The molecule has 1 aliphatic carbocycles. The summed E-state index contributed by atoms with van der Waals surface area (Å²) >= 11 is 9.76. The number of nitrogens with one attached hydrogen (secondary N) is 1. The van der Waals surface area contributed by atoms with Gasteiger partial charge in [0.25, 0.3) is 0 Å². The third kappa shape index (κ3) is 3.46. The second-order valence-corrected chi connectivity index (χ2v) is 6.04. The number of alkyl halides is 1. The Kier molecular flexibility index (Phi) is 4.89. The predicted molar refractivity (Wildman–Crippen MR) is 77.5 cm³/mol. The lowest BCUT2D eigenvalue weighted by atomic mass is 9.83. The van der Waals surface area contributed by atoms with E-state index < -0.39 is 0 Å². The van der Waals surface area contributed by atoms with E-state index in [2.05, 4.69) is 39.4 Å². The van der Waals surface area contributed by atoms with Crippen LogP contribution in [0.2, 0.25) is 0 Å². The number of hydrogen-bond donors (Lipinski definition) is 1. The third-order valence-electron chi connectivity index (χ3n) is 3.68. The summed E-state index contributed by atoms with van der Waals surface area (Å²) in [5.41, 5.74) is 1.47. The molecule has 94 valence electrons. The minimum Gasteiger partial charge on any atom is -0.306 e. The SMILES string of the molecule is ClCC1(NCc2ccccc2Br)CCCCC1. The van der Waals surface area contributed by atoms with Crippen LogP contribution in [0.25, 0.3) is 0 Å². The molecule has 1 nitrogen and oxygen atoms in total. The highest BCUT2D eigenvalue weighted by Gasteiger charge is 2.30. The van der Waals surface area contributed by atoms with Gasteiger partial charge in [0.1, 0.15) is 0 Å². The van der Waals surface area contributed by atoms with Crippen LogP contribution in [-0.2, 0) is 6.54 Å². The van der Waals surface area contributed by atoms with Crippen molar-refractivity contribution >= 4 is 27.5 Å². The summed E-state index contributed by atoms with van der Waals surface area (Å²) in [4.78, 5) is 0. The van der Waals surface area contributed by atoms with Crippen LogP contribution in [0.1, 0.15) is 37.7 Å². The van der Waals surface area contributed by atoms with Gasteiger partial charge in [-0.15, -0.1) is 11.6 Å². The van der Waals surface area contributed by atoms with Crippen LogP contribution in [-0.4, -0.2) is 11.4 Å². The summed E-state index contributed by atoms with van der Waals surface area (Å²) in [6, 6.07) is 8.37. The monoisotopic (exact) mass is 315 g/mol. The molecule has 0 amide bonds. The summed E-state index contributed by atoms with van der Waals surface area (Å²) in [7, 11) is 0. The first kappa shape index (κ1) is 13.4. The molecule has 0 unspecified atom stereocenters. The van der Waals surface area contributed by atoms with E-state index in [0.717, 1.165) is 12.4 Å². The topological polar surface area (TPSA) is 12.0 Å². The summed E-state index contributed by atoms with van der Waals surface area (Å²) < 4.78 is 1.17. The molecular formula is C14H19BrClN. The maximum absolute atomic E-state index is 6.17. The Labute approximate surface area is 117 Å². The van der Waals surface area contributed by atoms with Gasteiger partial charge in [-0.3, -0.25) is 0 Å². The Bertz CT molecular complexity index is 361. The molecule has 1 aliphatic rings. The van der Waals surface area contributed by atoms with E-state index in [1.54, 1.807) is 0 Å². The summed E-state index contributed by atoms with van der Waals surface area (Å²) in [5, 5.41) is 3.68. The van der Waals surface area contributed by atoms with Crippen molar-refractivity contribution in [3.8, 4) is 0 Å². The molecule has 0 atom stereocenters. The Morgan fingerprint density at radius 1 is 1.18 bits per heavy atom. The maximum Gasteiger partial charge on any atom is 0.0406 e. The Morgan fingerprint density at radius 2 is 1.88 bits per heavy atom. The molecule has 1 fully saturated rings. The highest BCUT2D eigenvalue weighted by Crippen LogP contribution is 2.30. The molecule has 0 spiro atoms. The standard InChI is InChI=1S/C14H19BrClN/c15-13-7-3-2-6-12(13)10-17-14(11-16)8-4-1-5-9-14/h2-3,6-7,17H,1,4-5,8-11H2. The molecule has 0 heterocycles. The van der Waals surface area contributed by atoms with Gasteiger partial charge in [-0.25, -0.2) is 0 Å². The highest BCUT2D eigenvalue weighted by molar-refractivity contribution is 9.10. The molecular weight excluding hydrogens is 298 g/mol. The lowest BCUT2D eigenvalue weighted by molar-refractivity contribution is 0.256. The van der Waals surface area contributed by atoms with Crippen molar-refractivity contribution in [1.29, 1.82) is 0 Å². The molecule has 0 aliphatic heterocycles. The Hall–Kier alpha value is -0.0500. The van der Waals surface area contributed by atoms with E-state index >= 15 is 0 Å². The van der Waals surface area contributed by atoms with Gasteiger partial charge in [0.15, 0.2) is 0 Å². The lowest BCUT2D eigenvalue weighted by Crippen LogP contribution is -2.48. The second-order valence-electron chi connectivity index (χ2n) is 4.92. The van der Waals surface area contributed by atoms with E-state index in [4.69, 9.17) is 11.6 Å². The fourth-order valence-electron chi connectivity index (χ4n) is 2.51. The zero-order valence-corrected chi connectivity index (χ0v) is 12.4. The van der Waals surface area contributed by atoms with Crippen molar-refractivity contribution in [3.63, 3.8) is 0 Å². The zero-order valence-electron chi connectivity index (χ0n) is 10.0. The summed E-state index contributed by atoms with van der Waals surface area (Å²) in [6.45, 7) is 0.897. The van der Waals surface area contributed by atoms with Crippen LogP contribution in [0.4, 0.5) is 0 Å². The molecule has 1 N–H and O–H groups in total. The van der Waals surface area contributed by atoms with Crippen molar-refractivity contribution in [3.05, 3.63) is 34.3 Å². The van der Waals surface area contributed by atoms with Gasteiger partial charge in [-0.2, -0.15) is 0 Å². The van der Waals surface area contributed by atoms with Crippen LogP contribution in [0.15, 0.2) is 28.7 Å². The van der Waals surface area contributed by atoms with Crippen LogP contribution < -0.4 is 5.32 Å². The molecule has 1 aromatic carbocycles. The number of benzene rings is 1. The first-order chi connectivity index (χ1) is 8.26. The van der Waals surface area contributed by atoms with Crippen molar-refractivity contribution < 1.29 is 0 Å². The van der Waals surface area contributed by atoms with Gasteiger partial charge in [-0.05, 0) is 24.5 Å². The second kappa shape index (κ2) is 6.21. The van der Waals surface area contributed by atoms with Crippen molar-refractivity contribution in [2.24, 2.45) is 0 Å². The fourth-order valence-corrected chi connectivity index (χ4v) is 3.30. The lowest BCUT2D eigenvalue weighted by Gasteiger charge is -2.36. The first-order valence-electron chi connectivity index (χ1n) is 6.30. The molecule has 1 aromatic rings. The molecule has 0 radical (unpaired) electrons. The number of halogens is 2. The molecule has 0 aromatic heterocycles. The number of rotatable bonds is 4. The molecule has 0 saturated heterocycles. The van der Waals surface area contributed by atoms with E-state index in [1.165, 1.54) is 42.1 Å². The number of hydrogen-bond acceptors (Lipinski definition) is 1. The van der Waals surface area contributed by atoms with Gasteiger partial charge in [0.05, 0.1) is 0 Å². The molecule has 0 bridgehead atoms. The minimum atomic E-state index is 0.162. The highest BCUT2D eigenvalue weighted by atomic mass is 79.9. The van der Waals surface area contributed by atoms with E-state index in [0.29, 0.717) is 0 Å². The Balaban J connectivity index is 1.98. The summed E-state index contributed by atoms with van der Waals surface area (Å²) in [6.07, 6.45) is 6.38. The summed E-state index contributed by atoms with van der Waals surface area (Å²) in [5.74, 6) is 0.720. The zero-order chi connectivity index (χ0) is 12.1. The molecule has 1 saturated carbocycles. The fraction of sp³-hybridized carbons (Fsp3) is 0.571. The minimum absolute atomic E-state index is 0.162. The van der Waals surface area contributed by atoms with Gasteiger partial charge < -0.3 is 5.32 Å². The van der Waals surface area contributed by atoms with Gasteiger partial charge in [-0.1, -0.05) is 53.4 Å². The third-order valence-corrected chi connectivity index (χ3v) is 4.96. The normalized spacial score (nSPS) is 19.2. The molecule has 17 heavy (non-hydrogen) atoms. The van der Waals surface area contributed by atoms with Crippen molar-refractivity contribution in [2.75, 3.05) is 5.88 Å². The average molecular weight is 317 g/mol. The van der Waals surface area contributed by atoms with Gasteiger partial charge in [0, 0.05) is 22.4 Å². The predicted octanol–water partition coefficient (Wildman–Crippen LogP) is 4.48. The van der Waals surface area contributed by atoms with Crippen LogP contribution >= 0.6 is 27.5 Å². The van der Waals surface area contributed by atoms with Crippen LogP contribution in [0.5, 0.6) is 0 Å². The Morgan fingerprint density at radius 3 is 2.53 bits per heavy atom. The molecule has 2 rings (SSSR count). The average Bonchev–Trinajstić information content (AvgIpc) is 2.39. The van der Waals surface area contributed by atoms with Crippen LogP contribution in [0.3, 0.4) is 0 Å². The maximum atomic E-state index is 6.17. The van der Waals surface area contributed by atoms with Crippen molar-refractivity contribution in [2.45, 2.75) is 44.2 Å². The largest absolute Gasteiger partial charge is 0.306 e. The first-order valence-corrected chi connectivity index (χ1v) is 7.63. The quantitative estimate of drug-likeness (QED) is 0.808. The van der Waals surface area contributed by atoms with E-state index in [-0.39, 0.29) is 5.54 Å². The van der Waals surface area contributed by atoms with E-state index in [9.17, 15) is 0 Å². The van der Waals surface area contributed by atoms with Crippen LogP contribution in [0, 0.1) is 0 Å². The van der Waals surface area contributed by atoms with Crippen molar-refractivity contribution in [1.82, 2.24) is 5.32 Å². The van der Waals surface area contributed by atoms with E-state index in [1.807, 2.05) is 6.07 Å².